The Morgan fingerprint density at radius 3 is 2.43 bits per heavy atom. The smallest absolute Gasteiger partial charge is 0.416 e. The normalized spacial score (nSPS) is 14.8. The van der Waals surface area contributed by atoms with Gasteiger partial charge < -0.3 is 9.47 Å². The van der Waals surface area contributed by atoms with E-state index in [4.69, 9.17) is 9.47 Å². The molecule has 0 aliphatic heterocycles. The Morgan fingerprint density at radius 1 is 1.10 bits per heavy atom. The van der Waals surface area contributed by atoms with Crippen LogP contribution in [0.25, 0.3) is 11.3 Å². The van der Waals surface area contributed by atoms with Crippen LogP contribution in [0.1, 0.15) is 33.9 Å². The molecule has 4 rings (SSSR count). The molecule has 0 unspecified atom stereocenters. The second kappa shape index (κ2) is 7.33. The number of thiazole rings is 1. The van der Waals surface area contributed by atoms with Crippen LogP contribution in [0.3, 0.4) is 0 Å². The number of alkyl halides is 3. The molecule has 1 aliphatic rings. The number of nitriles is 1. The molecule has 1 saturated carbocycles. The minimum absolute atomic E-state index is 0.212. The number of benzene rings is 2. The Labute approximate surface area is 175 Å². The Bertz CT molecular complexity index is 1140. The Balaban J connectivity index is 1.85. The van der Waals surface area contributed by atoms with Gasteiger partial charge in [0.1, 0.15) is 33.1 Å². The summed E-state index contributed by atoms with van der Waals surface area (Å²) in [6.45, 7) is 0. The summed E-state index contributed by atoms with van der Waals surface area (Å²) in [5.41, 5.74) is -0.255. The van der Waals surface area contributed by atoms with E-state index in [1.807, 2.05) is 0 Å². The van der Waals surface area contributed by atoms with Crippen molar-refractivity contribution in [1.82, 2.24) is 4.98 Å². The first-order valence-electron chi connectivity index (χ1n) is 9.14. The quantitative estimate of drug-likeness (QED) is 0.514. The molecule has 0 amide bonds. The first kappa shape index (κ1) is 20.2. The van der Waals surface area contributed by atoms with Gasteiger partial charge in [-0.2, -0.15) is 18.4 Å². The number of rotatable bonds is 5. The van der Waals surface area contributed by atoms with Crippen LogP contribution in [0, 0.1) is 11.3 Å². The van der Waals surface area contributed by atoms with E-state index in [1.54, 1.807) is 24.3 Å². The topological polar surface area (TPSA) is 55.1 Å². The maximum absolute atomic E-state index is 13.6. The Kier molecular flexibility index (Phi) is 4.94. The second-order valence-electron chi connectivity index (χ2n) is 7.00. The van der Waals surface area contributed by atoms with Crippen LogP contribution >= 0.6 is 11.3 Å². The molecule has 2 aromatic carbocycles. The lowest BCUT2D eigenvalue weighted by atomic mass is 9.91. The van der Waals surface area contributed by atoms with Crippen molar-refractivity contribution in [2.45, 2.75) is 24.4 Å². The molecule has 0 radical (unpaired) electrons. The number of halogens is 3. The number of hydrogen-bond donors (Lipinski definition) is 0. The summed E-state index contributed by atoms with van der Waals surface area (Å²) in [7, 11) is 3.03. The van der Waals surface area contributed by atoms with Crippen molar-refractivity contribution in [3.8, 4) is 28.8 Å². The molecule has 1 aliphatic carbocycles. The zero-order chi connectivity index (χ0) is 21.5. The van der Waals surface area contributed by atoms with Gasteiger partial charge >= 0.3 is 6.18 Å². The standard InChI is InChI=1S/C22H17F3N2O2S/c1-28-13-7-8-14(17(11-13)29-2)19-18(12-26)30-20(27-19)21(9-10-21)15-5-3-4-6-16(15)22(23,24)25/h3-8,11H,9-10H2,1-2H3. The van der Waals surface area contributed by atoms with Gasteiger partial charge in [0, 0.05) is 17.0 Å². The maximum Gasteiger partial charge on any atom is 0.416 e. The highest BCUT2D eigenvalue weighted by atomic mass is 32.1. The van der Waals surface area contributed by atoms with E-state index in [1.165, 1.54) is 26.4 Å². The summed E-state index contributed by atoms with van der Waals surface area (Å²) in [5, 5.41) is 10.2. The lowest BCUT2D eigenvalue weighted by Crippen LogP contribution is -2.17. The molecule has 1 aromatic heterocycles. The lowest BCUT2D eigenvalue weighted by Gasteiger charge is -2.19. The summed E-state index contributed by atoms with van der Waals surface area (Å²) in [6.07, 6.45) is -3.35. The highest BCUT2D eigenvalue weighted by molar-refractivity contribution is 7.12. The summed E-state index contributed by atoms with van der Waals surface area (Å²) < 4.78 is 51.5. The van der Waals surface area contributed by atoms with Gasteiger partial charge in [0.05, 0.1) is 19.8 Å². The second-order valence-corrected chi connectivity index (χ2v) is 8.00. The van der Waals surface area contributed by atoms with Gasteiger partial charge in [-0.15, -0.1) is 11.3 Å². The molecule has 0 atom stereocenters. The van der Waals surface area contributed by atoms with Crippen molar-refractivity contribution in [2.75, 3.05) is 14.2 Å². The SMILES string of the molecule is COc1ccc(-c2nc(C3(c4ccccc4C(F)(F)F)CC3)sc2C#N)c(OC)c1. The molecule has 0 spiro atoms. The minimum atomic E-state index is -4.45. The third-order valence-electron chi connectivity index (χ3n) is 5.30. The summed E-state index contributed by atoms with van der Waals surface area (Å²) in [5.74, 6) is 1.06. The van der Waals surface area contributed by atoms with E-state index in [-0.39, 0.29) is 5.56 Å². The molecule has 8 heteroatoms. The Hall–Kier alpha value is -3.05. The fourth-order valence-corrected chi connectivity index (χ4v) is 4.79. The van der Waals surface area contributed by atoms with Crippen molar-refractivity contribution < 1.29 is 22.6 Å². The number of methoxy groups -OCH3 is 2. The molecule has 1 heterocycles. The third kappa shape index (κ3) is 3.29. The van der Waals surface area contributed by atoms with Gasteiger partial charge in [-0.1, -0.05) is 18.2 Å². The van der Waals surface area contributed by atoms with E-state index in [0.29, 0.717) is 45.5 Å². The highest BCUT2D eigenvalue weighted by Gasteiger charge is 2.52. The van der Waals surface area contributed by atoms with Crippen LogP contribution < -0.4 is 9.47 Å². The monoisotopic (exact) mass is 430 g/mol. The van der Waals surface area contributed by atoms with Crippen molar-refractivity contribution >= 4 is 11.3 Å². The third-order valence-corrected chi connectivity index (χ3v) is 6.46. The molecular formula is C22H17F3N2O2S. The molecule has 30 heavy (non-hydrogen) atoms. The number of aromatic nitrogens is 1. The average Bonchev–Trinajstić information content (AvgIpc) is 3.45. The van der Waals surface area contributed by atoms with E-state index in [0.717, 1.165) is 17.4 Å². The summed E-state index contributed by atoms with van der Waals surface area (Å²) in [6, 6.07) is 12.9. The predicted octanol–water partition coefficient (Wildman–Crippen LogP) is 5.80. The van der Waals surface area contributed by atoms with Crippen LogP contribution in [-0.2, 0) is 11.6 Å². The van der Waals surface area contributed by atoms with Gasteiger partial charge in [0.25, 0.3) is 0 Å². The maximum atomic E-state index is 13.6. The number of hydrogen-bond acceptors (Lipinski definition) is 5. The molecule has 154 valence electrons. The van der Waals surface area contributed by atoms with Crippen molar-refractivity contribution in [1.29, 1.82) is 5.26 Å². The highest BCUT2D eigenvalue weighted by Crippen LogP contribution is 2.58. The van der Waals surface area contributed by atoms with Gasteiger partial charge in [-0.25, -0.2) is 4.98 Å². The lowest BCUT2D eigenvalue weighted by molar-refractivity contribution is -0.138. The summed E-state index contributed by atoms with van der Waals surface area (Å²) in [4.78, 5) is 4.99. The van der Waals surface area contributed by atoms with Gasteiger partial charge in [0.15, 0.2) is 0 Å². The fraction of sp³-hybridized carbons (Fsp3) is 0.273. The van der Waals surface area contributed by atoms with Crippen LogP contribution in [0.2, 0.25) is 0 Å². The number of nitrogens with zero attached hydrogens (tertiary/aromatic N) is 2. The van der Waals surface area contributed by atoms with E-state index in [2.05, 4.69) is 11.1 Å². The zero-order valence-corrected chi connectivity index (χ0v) is 17.0. The van der Waals surface area contributed by atoms with Crippen molar-refractivity contribution in [3.05, 3.63) is 63.5 Å². The van der Waals surface area contributed by atoms with Crippen LogP contribution in [-0.4, -0.2) is 19.2 Å². The molecule has 0 bridgehead atoms. The minimum Gasteiger partial charge on any atom is -0.497 e. The van der Waals surface area contributed by atoms with Crippen LogP contribution in [0.15, 0.2) is 42.5 Å². The van der Waals surface area contributed by atoms with Crippen molar-refractivity contribution in [3.63, 3.8) is 0 Å². The predicted molar refractivity (Wildman–Crippen MR) is 107 cm³/mol. The zero-order valence-electron chi connectivity index (χ0n) is 16.2. The summed E-state index contributed by atoms with van der Waals surface area (Å²) >= 11 is 1.14. The Morgan fingerprint density at radius 2 is 1.83 bits per heavy atom. The largest absolute Gasteiger partial charge is 0.497 e. The van der Waals surface area contributed by atoms with Crippen LogP contribution in [0.4, 0.5) is 13.2 Å². The van der Waals surface area contributed by atoms with Gasteiger partial charge in [-0.05, 0) is 36.6 Å². The molecule has 1 fully saturated rings. The molecule has 4 nitrogen and oxygen atoms in total. The van der Waals surface area contributed by atoms with E-state index < -0.39 is 17.2 Å². The first-order chi connectivity index (χ1) is 14.3. The molecular weight excluding hydrogens is 413 g/mol. The average molecular weight is 430 g/mol. The number of ether oxygens (including phenoxy) is 2. The van der Waals surface area contributed by atoms with Crippen LogP contribution in [0.5, 0.6) is 11.5 Å². The van der Waals surface area contributed by atoms with Gasteiger partial charge in [0.2, 0.25) is 0 Å². The molecule has 0 N–H and O–H groups in total. The van der Waals surface area contributed by atoms with Gasteiger partial charge in [-0.3, -0.25) is 0 Å². The molecule has 0 saturated heterocycles. The van der Waals surface area contributed by atoms with Crippen molar-refractivity contribution in [2.24, 2.45) is 0 Å². The fourth-order valence-electron chi connectivity index (χ4n) is 3.65. The van der Waals surface area contributed by atoms with E-state index in [9.17, 15) is 18.4 Å². The van der Waals surface area contributed by atoms with E-state index >= 15 is 0 Å². The first-order valence-corrected chi connectivity index (χ1v) is 9.96. The molecule has 3 aromatic rings.